The lowest BCUT2D eigenvalue weighted by Crippen LogP contribution is -2.50. The molecule has 4 nitrogen and oxygen atoms in total. The Balaban J connectivity index is 1.70. The van der Waals surface area contributed by atoms with Crippen LogP contribution >= 0.6 is 0 Å². The van der Waals surface area contributed by atoms with E-state index in [1.54, 1.807) is 16.4 Å². The Bertz CT molecular complexity index is 1140. The van der Waals surface area contributed by atoms with Gasteiger partial charge in [0.2, 0.25) is 10.0 Å². The molecule has 0 saturated carbocycles. The van der Waals surface area contributed by atoms with Crippen molar-refractivity contribution >= 4 is 15.7 Å². The highest BCUT2D eigenvalue weighted by atomic mass is 32.2. The summed E-state index contributed by atoms with van der Waals surface area (Å²) in [5, 5.41) is 0. The molecule has 3 aromatic carbocycles. The molecule has 2 heterocycles. The highest BCUT2D eigenvalue weighted by Gasteiger charge is 2.43. The molecule has 0 unspecified atom stereocenters. The Morgan fingerprint density at radius 3 is 2.32 bits per heavy atom. The van der Waals surface area contributed by atoms with Crippen LogP contribution in [-0.4, -0.2) is 19.3 Å². The average molecular weight is 391 g/mol. The molecular formula is C23H22N2O2S. The van der Waals surface area contributed by atoms with Crippen LogP contribution < -0.4 is 4.90 Å². The monoisotopic (exact) mass is 390 g/mol. The van der Waals surface area contributed by atoms with E-state index in [9.17, 15) is 8.42 Å². The van der Waals surface area contributed by atoms with Crippen LogP contribution in [0.25, 0.3) is 0 Å². The van der Waals surface area contributed by atoms with E-state index < -0.39 is 10.0 Å². The maximum Gasteiger partial charge on any atom is 0.245 e. The first kappa shape index (κ1) is 17.5. The zero-order chi connectivity index (χ0) is 19.3. The fourth-order valence-corrected chi connectivity index (χ4v) is 5.90. The van der Waals surface area contributed by atoms with E-state index in [2.05, 4.69) is 23.1 Å². The summed E-state index contributed by atoms with van der Waals surface area (Å²) < 4.78 is 29.0. The third-order valence-corrected chi connectivity index (χ3v) is 7.59. The van der Waals surface area contributed by atoms with E-state index >= 15 is 0 Å². The second kappa shape index (κ2) is 6.47. The molecule has 3 aromatic rings. The van der Waals surface area contributed by atoms with Gasteiger partial charge in [-0.05, 0) is 48.2 Å². The molecule has 28 heavy (non-hydrogen) atoms. The van der Waals surface area contributed by atoms with Crippen molar-refractivity contribution in [2.45, 2.75) is 31.0 Å². The van der Waals surface area contributed by atoms with Crippen LogP contribution in [0.2, 0.25) is 0 Å². The van der Waals surface area contributed by atoms with E-state index in [-0.39, 0.29) is 6.17 Å². The van der Waals surface area contributed by atoms with Gasteiger partial charge in [0.1, 0.15) is 6.17 Å². The van der Waals surface area contributed by atoms with Crippen LogP contribution in [0.4, 0.5) is 5.69 Å². The van der Waals surface area contributed by atoms with Gasteiger partial charge in [0.15, 0.2) is 0 Å². The van der Waals surface area contributed by atoms with Gasteiger partial charge >= 0.3 is 0 Å². The molecule has 1 atom stereocenters. The van der Waals surface area contributed by atoms with Gasteiger partial charge in [-0.25, -0.2) is 8.42 Å². The number of anilines is 1. The first-order valence-electron chi connectivity index (χ1n) is 9.56. The second-order valence-corrected chi connectivity index (χ2v) is 9.40. The molecule has 0 spiro atoms. The minimum atomic E-state index is -3.64. The van der Waals surface area contributed by atoms with Gasteiger partial charge in [-0.1, -0.05) is 60.2 Å². The van der Waals surface area contributed by atoms with Gasteiger partial charge in [0, 0.05) is 18.8 Å². The first-order valence-corrected chi connectivity index (χ1v) is 11.0. The number of benzene rings is 3. The van der Waals surface area contributed by atoms with Gasteiger partial charge in [-0.2, -0.15) is 4.31 Å². The minimum Gasteiger partial charge on any atom is -0.350 e. The zero-order valence-corrected chi connectivity index (χ0v) is 16.6. The summed E-state index contributed by atoms with van der Waals surface area (Å²) in [6.45, 7) is 3.15. The lowest BCUT2D eigenvalue weighted by Gasteiger charge is -2.48. The summed E-state index contributed by atoms with van der Waals surface area (Å²) in [6, 6.07) is 23.5. The molecular weight excluding hydrogens is 368 g/mol. The van der Waals surface area contributed by atoms with Crippen molar-refractivity contribution in [3.8, 4) is 0 Å². The van der Waals surface area contributed by atoms with Crippen molar-refractivity contribution in [1.29, 1.82) is 0 Å². The Morgan fingerprint density at radius 2 is 1.54 bits per heavy atom. The number of sulfonamides is 1. The quantitative estimate of drug-likeness (QED) is 0.656. The fourth-order valence-electron chi connectivity index (χ4n) is 4.35. The zero-order valence-electron chi connectivity index (χ0n) is 15.7. The number of aryl methyl sites for hydroxylation is 1. The summed E-state index contributed by atoms with van der Waals surface area (Å²) in [7, 11) is -3.64. The maximum absolute atomic E-state index is 13.7. The molecule has 0 aromatic heterocycles. The normalized spacial score (nSPS) is 18.9. The van der Waals surface area contributed by atoms with Gasteiger partial charge in [0.25, 0.3) is 0 Å². The number of hydrogen-bond donors (Lipinski definition) is 0. The molecule has 2 aliphatic heterocycles. The average Bonchev–Trinajstić information content (AvgIpc) is 2.73. The van der Waals surface area contributed by atoms with Crippen molar-refractivity contribution < 1.29 is 8.42 Å². The predicted octanol–water partition coefficient (Wildman–Crippen LogP) is 4.26. The lowest BCUT2D eigenvalue weighted by molar-refractivity contribution is 0.281. The molecule has 0 saturated heterocycles. The van der Waals surface area contributed by atoms with E-state index in [4.69, 9.17) is 0 Å². The molecule has 0 N–H and O–H groups in total. The summed E-state index contributed by atoms with van der Waals surface area (Å²) >= 11 is 0. The molecule has 0 fully saturated rings. The summed E-state index contributed by atoms with van der Waals surface area (Å²) in [5.74, 6) is 0. The molecule has 2 aliphatic rings. The predicted molar refractivity (Wildman–Crippen MR) is 111 cm³/mol. The van der Waals surface area contributed by atoms with Crippen LogP contribution in [-0.2, 0) is 23.0 Å². The van der Waals surface area contributed by atoms with Crippen LogP contribution in [0.3, 0.4) is 0 Å². The third-order valence-electron chi connectivity index (χ3n) is 5.78. The van der Waals surface area contributed by atoms with E-state index in [0.717, 1.165) is 35.3 Å². The molecule has 0 bridgehead atoms. The molecule has 5 heteroatoms. The van der Waals surface area contributed by atoms with E-state index in [1.807, 2.05) is 49.4 Å². The number of rotatable bonds is 2. The Hall–Kier alpha value is -2.63. The second-order valence-electron chi connectivity index (χ2n) is 7.51. The summed E-state index contributed by atoms with van der Waals surface area (Å²) in [4.78, 5) is 2.59. The summed E-state index contributed by atoms with van der Waals surface area (Å²) in [5.41, 5.74) is 5.55. The molecule has 0 radical (unpaired) electrons. The minimum absolute atomic E-state index is 0.314. The van der Waals surface area contributed by atoms with Crippen molar-refractivity contribution in [3.63, 3.8) is 0 Å². The fraction of sp³-hybridized carbons (Fsp3) is 0.217. The SMILES string of the molecule is Cc1ccc(S(=O)(=O)N2Cc3ccccc3N3CCc4ccccc4[C@@H]32)cc1. The first-order chi connectivity index (χ1) is 13.6. The number of para-hydroxylation sites is 1. The molecule has 0 aliphatic carbocycles. The van der Waals surface area contributed by atoms with Crippen molar-refractivity contribution in [2.24, 2.45) is 0 Å². The largest absolute Gasteiger partial charge is 0.350 e. The molecule has 0 amide bonds. The van der Waals surface area contributed by atoms with Gasteiger partial charge < -0.3 is 4.90 Å². The summed E-state index contributed by atoms with van der Waals surface area (Å²) in [6.07, 6.45) is 0.602. The highest BCUT2D eigenvalue weighted by Crippen LogP contribution is 2.44. The Labute approximate surface area is 166 Å². The maximum atomic E-state index is 13.7. The van der Waals surface area contributed by atoms with Crippen molar-refractivity contribution in [2.75, 3.05) is 11.4 Å². The lowest BCUT2D eigenvalue weighted by atomic mass is 9.93. The van der Waals surface area contributed by atoms with E-state index in [0.29, 0.717) is 11.4 Å². The Morgan fingerprint density at radius 1 is 0.857 bits per heavy atom. The van der Waals surface area contributed by atoms with Crippen LogP contribution in [0.15, 0.2) is 77.7 Å². The van der Waals surface area contributed by atoms with Gasteiger partial charge in [-0.15, -0.1) is 0 Å². The number of nitrogens with zero attached hydrogens (tertiary/aromatic N) is 2. The smallest absolute Gasteiger partial charge is 0.245 e. The topological polar surface area (TPSA) is 40.6 Å². The van der Waals surface area contributed by atoms with Crippen LogP contribution in [0.1, 0.15) is 28.4 Å². The Kier molecular flexibility index (Phi) is 4.03. The van der Waals surface area contributed by atoms with Crippen LogP contribution in [0, 0.1) is 6.92 Å². The highest BCUT2D eigenvalue weighted by molar-refractivity contribution is 7.89. The van der Waals surface area contributed by atoms with Crippen molar-refractivity contribution in [1.82, 2.24) is 4.31 Å². The number of fused-ring (bicyclic) bond motifs is 5. The third kappa shape index (κ3) is 2.65. The van der Waals surface area contributed by atoms with Gasteiger partial charge in [-0.3, -0.25) is 0 Å². The standard InChI is InChI=1S/C23H22N2O2S/c1-17-10-12-20(13-11-17)28(26,27)25-16-19-7-3-5-9-22(19)24-15-14-18-6-2-4-8-21(18)23(24)25/h2-13,23H,14-16H2,1H3/t23-/m0/s1. The van der Waals surface area contributed by atoms with Gasteiger partial charge in [0.05, 0.1) is 4.90 Å². The number of hydrogen-bond acceptors (Lipinski definition) is 3. The van der Waals surface area contributed by atoms with Crippen LogP contribution in [0.5, 0.6) is 0 Å². The molecule has 5 rings (SSSR count). The van der Waals surface area contributed by atoms with Crippen molar-refractivity contribution in [3.05, 3.63) is 95.1 Å². The molecule has 142 valence electrons. The van der Waals surface area contributed by atoms with E-state index in [1.165, 1.54) is 5.56 Å².